The van der Waals surface area contributed by atoms with Crippen molar-refractivity contribution in [3.05, 3.63) is 107 Å². The van der Waals surface area contributed by atoms with E-state index < -0.39 is 0 Å². The number of hydrogen-bond donors (Lipinski definition) is 1. The van der Waals surface area contributed by atoms with Gasteiger partial charge in [0.1, 0.15) is 12.2 Å². The summed E-state index contributed by atoms with van der Waals surface area (Å²) in [7, 11) is 0. The number of carbonyl (C=O) groups excluding carboxylic acids is 1. The van der Waals surface area contributed by atoms with Gasteiger partial charge in [0.25, 0.3) is 5.56 Å². The normalized spacial score (nSPS) is 10.9. The van der Waals surface area contributed by atoms with Gasteiger partial charge >= 0.3 is 0 Å². The highest BCUT2D eigenvalue weighted by Gasteiger charge is 2.15. The summed E-state index contributed by atoms with van der Waals surface area (Å²) in [5.41, 5.74) is 3.03. The number of hydrogen-bond acceptors (Lipinski definition) is 4. The Kier molecular flexibility index (Phi) is 5.35. The number of anilines is 1. The number of amides is 1. The van der Waals surface area contributed by atoms with Crippen molar-refractivity contribution >= 4 is 33.7 Å². The molecule has 0 aliphatic heterocycles. The zero-order chi connectivity index (χ0) is 21.9. The minimum absolute atomic E-state index is 0.175. The van der Waals surface area contributed by atoms with Gasteiger partial charge in [0.05, 0.1) is 10.3 Å². The summed E-state index contributed by atoms with van der Waals surface area (Å²) in [6.45, 7) is -0.175. The van der Waals surface area contributed by atoms with E-state index in [0.717, 1.165) is 21.4 Å². The van der Waals surface area contributed by atoms with Crippen LogP contribution in [0.1, 0.15) is 0 Å². The van der Waals surface area contributed by atoms with Crippen LogP contribution in [0, 0.1) is 0 Å². The summed E-state index contributed by atoms with van der Waals surface area (Å²) in [6, 6.07) is 28.7. The van der Waals surface area contributed by atoms with Gasteiger partial charge in [-0.05, 0) is 29.1 Å². The van der Waals surface area contributed by atoms with Crippen molar-refractivity contribution in [2.75, 3.05) is 5.32 Å². The first-order chi connectivity index (χ1) is 15.7. The van der Waals surface area contributed by atoms with Crippen LogP contribution in [0.3, 0.4) is 0 Å². The van der Waals surface area contributed by atoms with Crippen molar-refractivity contribution < 1.29 is 4.79 Å². The molecular weight excluding hydrogens is 418 g/mol. The number of thiophene rings is 1. The van der Waals surface area contributed by atoms with Crippen molar-refractivity contribution in [3.8, 4) is 21.7 Å². The molecular formula is C26H19N3O2S. The standard InChI is InChI=1S/C26H19N3O2S/c30-24(27-22-14-7-6-11-19(22)18-9-2-1-3-10-18)17-29-26(31)21-13-5-4-12-20(21)25(28-29)23-15-8-16-32-23/h1-16H,17H2,(H,27,30). The van der Waals surface area contributed by atoms with Crippen LogP contribution in [-0.4, -0.2) is 15.7 Å². The Morgan fingerprint density at radius 1 is 0.844 bits per heavy atom. The van der Waals surface area contributed by atoms with Gasteiger partial charge < -0.3 is 5.32 Å². The minimum atomic E-state index is -0.310. The van der Waals surface area contributed by atoms with Crippen molar-refractivity contribution in [3.63, 3.8) is 0 Å². The maximum absolute atomic E-state index is 13.1. The highest BCUT2D eigenvalue weighted by molar-refractivity contribution is 7.13. The maximum atomic E-state index is 13.1. The molecule has 2 aromatic heterocycles. The lowest BCUT2D eigenvalue weighted by atomic mass is 10.0. The van der Waals surface area contributed by atoms with Crippen LogP contribution in [0.2, 0.25) is 0 Å². The van der Waals surface area contributed by atoms with E-state index in [1.165, 1.54) is 4.68 Å². The lowest BCUT2D eigenvalue weighted by molar-refractivity contribution is -0.117. The Hall–Kier alpha value is -4.03. The third-order valence-corrected chi connectivity index (χ3v) is 6.08. The van der Waals surface area contributed by atoms with Crippen LogP contribution in [-0.2, 0) is 11.3 Å². The van der Waals surface area contributed by atoms with Crippen molar-refractivity contribution in [2.45, 2.75) is 6.54 Å². The number of fused-ring (bicyclic) bond motifs is 1. The molecule has 156 valence electrons. The van der Waals surface area contributed by atoms with Crippen LogP contribution in [0.5, 0.6) is 0 Å². The number of aromatic nitrogens is 2. The van der Waals surface area contributed by atoms with E-state index in [4.69, 9.17) is 0 Å². The monoisotopic (exact) mass is 437 g/mol. The SMILES string of the molecule is O=C(Cn1nc(-c2cccs2)c2ccccc2c1=O)Nc1ccccc1-c1ccccc1. The summed E-state index contributed by atoms with van der Waals surface area (Å²) >= 11 is 1.55. The molecule has 32 heavy (non-hydrogen) atoms. The van der Waals surface area contributed by atoms with Gasteiger partial charge in [0, 0.05) is 16.6 Å². The number of rotatable bonds is 5. The molecule has 0 saturated heterocycles. The van der Waals surface area contributed by atoms with E-state index in [9.17, 15) is 9.59 Å². The van der Waals surface area contributed by atoms with Crippen molar-refractivity contribution in [1.29, 1.82) is 0 Å². The van der Waals surface area contributed by atoms with Crippen molar-refractivity contribution in [1.82, 2.24) is 9.78 Å². The Morgan fingerprint density at radius 3 is 2.34 bits per heavy atom. The molecule has 0 unspecified atom stereocenters. The first kappa shape index (κ1) is 19.9. The van der Waals surface area contributed by atoms with E-state index >= 15 is 0 Å². The van der Waals surface area contributed by atoms with Crippen LogP contribution in [0.15, 0.2) is 101 Å². The largest absolute Gasteiger partial charge is 0.324 e. The molecule has 1 amide bonds. The molecule has 0 aliphatic carbocycles. The second-order valence-corrected chi connectivity index (χ2v) is 8.24. The van der Waals surface area contributed by atoms with E-state index in [-0.39, 0.29) is 18.0 Å². The molecule has 0 spiro atoms. The number of nitrogens with zero attached hydrogens (tertiary/aromatic N) is 2. The van der Waals surface area contributed by atoms with E-state index in [2.05, 4.69) is 10.4 Å². The number of para-hydroxylation sites is 1. The number of nitrogens with one attached hydrogen (secondary N) is 1. The second-order valence-electron chi connectivity index (χ2n) is 7.29. The molecule has 6 heteroatoms. The third kappa shape index (κ3) is 3.84. The summed E-state index contributed by atoms with van der Waals surface area (Å²) in [5, 5.41) is 10.8. The molecule has 2 heterocycles. The molecule has 0 fully saturated rings. The Bertz CT molecular complexity index is 1460. The molecule has 5 nitrogen and oxygen atoms in total. The lowest BCUT2D eigenvalue weighted by Crippen LogP contribution is -2.30. The fourth-order valence-corrected chi connectivity index (χ4v) is 4.45. The summed E-state index contributed by atoms with van der Waals surface area (Å²) in [4.78, 5) is 26.9. The lowest BCUT2D eigenvalue weighted by Gasteiger charge is -2.13. The predicted octanol–water partition coefficient (Wildman–Crippen LogP) is 5.43. The average Bonchev–Trinajstić information content (AvgIpc) is 3.37. The van der Waals surface area contributed by atoms with E-state index in [1.54, 1.807) is 17.4 Å². The molecule has 3 aromatic carbocycles. The summed E-state index contributed by atoms with van der Waals surface area (Å²) in [6.07, 6.45) is 0. The van der Waals surface area contributed by atoms with Crippen LogP contribution in [0.25, 0.3) is 32.5 Å². The quantitative estimate of drug-likeness (QED) is 0.399. The van der Waals surface area contributed by atoms with Gasteiger partial charge in [-0.1, -0.05) is 72.8 Å². The Morgan fingerprint density at radius 2 is 1.56 bits per heavy atom. The fraction of sp³-hybridized carbons (Fsp3) is 0.0385. The van der Waals surface area contributed by atoms with Gasteiger partial charge in [-0.25, -0.2) is 4.68 Å². The molecule has 0 bridgehead atoms. The topological polar surface area (TPSA) is 64.0 Å². The predicted molar refractivity (Wildman–Crippen MR) is 130 cm³/mol. The summed E-state index contributed by atoms with van der Waals surface area (Å²) < 4.78 is 1.25. The molecule has 0 aliphatic rings. The van der Waals surface area contributed by atoms with Gasteiger partial charge in [0.15, 0.2) is 0 Å². The Balaban J connectivity index is 1.49. The zero-order valence-corrected chi connectivity index (χ0v) is 17.9. The third-order valence-electron chi connectivity index (χ3n) is 5.20. The maximum Gasteiger partial charge on any atom is 0.275 e. The zero-order valence-electron chi connectivity index (χ0n) is 17.1. The summed E-state index contributed by atoms with van der Waals surface area (Å²) in [5.74, 6) is -0.310. The van der Waals surface area contributed by atoms with Gasteiger partial charge in [0.2, 0.25) is 5.91 Å². The highest BCUT2D eigenvalue weighted by atomic mass is 32.1. The molecule has 1 N–H and O–H groups in total. The van der Waals surface area contributed by atoms with E-state index in [0.29, 0.717) is 16.8 Å². The molecule has 5 rings (SSSR count). The van der Waals surface area contributed by atoms with Gasteiger partial charge in [-0.15, -0.1) is 11.3 Å². The van der Waals surface area contributed by atoms with Crippen LogP contribution in [0.4, 0.5) is 5.69 Å². The van der Waals surface area contributed by atoms with E-state index in [1.807, 2.05) is 90.3 Å². The Labute approximate surface area is 188 Å². The number of benzene rings is 3. The molecule has 0 saturated carbocycles. The highest BCUT2D eigenvalue weighted by Crippen LogP contribution is 2.29. The first-order valence-electron chi connectivity index (χ1n) is 10.2. The van der Waals surface area contributed by atoms with Gasteiger partial charge in [-0.2, -0.15) is 5.10 Å². The van der Waals surface area contributed by atoms with Crippen LogP contribution >= 0.6 is 11.3 Å². The van der Waals surface area contributed by atoms with Gasteiger partial charge in [-0.3, -0.25) is 9.59 Å². The molecule has 0 atom stereocenters. The second kappa shape index (κ2) is 8.61. The smallest absolute Gasteiger partial charge is 0.275 e. The fourth-order valence-electron chi connectivity index (χ4n) is 3.72. The number of carbonyl (C=O) groups is 1. The molecule has 5 aromatic rings. The minimum Gasteiger partial charge on any atom is -0.324 e. The van der Waals surface area contributed by atoms with Crippen LogP contribution < -0.4 is 10.9 Å². The first-order valence-corrected chi connectivity index (χ1v) is 11.1. The average molecular weight is 438 g/mol. The van der Waals surface area contributed by atoms with Crippen molar-refractivity contribution in [2.24, 2.45) is 0 Å². The molecule has 0 radical (unpaired) electrons.